The van der Waals surface area contributed by atoms with Gasteiger partial charge in [-0.1, -0.05) is 97.1 Å². The monoisotopic (exact) mass is 514 g/mol. The third-order valence-corrected chi connectivity index (χ3v) is 7.83. The Morgan fingerprint density at radius 1 is 0.615 bits per heavy atom. The van der Waals surface area contributed by atoms with Crippen LogP contribution in [0.1, 0.15) is 47.1 Å². The van der Waals surface area contributed by atoms with E-state index < -0.39 is 29.2 Å². The molecule has 39 heavy (non-hydrogen) atoms. The molecule has 0 bridgehead atoms. The van der Waals surface area contributed by atoms with Crippen molar-refractivity contribution in [1.29, 1.82) is 0 Å². The second-order valence-corrected chi connectivity index (χ2v) is 10.0. The smallest absolute Gasteiger partial charge is 0.311 e. The normalized spacial score (nSPS) is 17.2. The van der Waals surface area contributed by atoms with Crippen LogP contribution in [0.3, 0.4) is 0 Å². The second-order valence-electron chi connectivity index (χ2n) is 10.0. The molecule has 1 aliphatic rings. The van der Waals surface area contributed by atoms with Crippen LogP contribution in [-0.4, -0.2) is 32.1 Å². The van der Waals surface area contributed by atoms with Gasteiger partial charge in [0.15, 0.2) is 0 Å². The maximum atomic E-state index is 12.8. The van der Waals surface area contributed by atoms with E-state index in [2.05, 4.69) is 0 Å². The van der Waals surface area contributed by atoms with Crippen LogP contribution in [0.4, 0.5) is 0 Å². The summed E-state index contributed by atoms with van der Waals surface area (Å²) in [5.74, 6) is -3.70. The highest BCUT2D eigenvalue weighted by molar-refractivity contribution is 5.86. The minimum atomic E-state index is -1.01. The van der Waals surface area contributed by atoms with E-state index in [0.29, 0.717) is 28.0 Å². The lowest BCUT2D eigenvalue weighted by Gasteiger charge is -2.35. The first-order valence-electron chi connectivity index (χ1n) is 12.9. The van der Waals surface area contributed by atoms with E-state index in [9.17, 15) is 19.8 Å². The van der Waals surface area contributed by atoms with Gasteiger partial charge in [0.2, 0.25) is 0 Å². The fourth-order valence-electron chi connectivity index (χ4n) is 6.02. The van der Waals surface area contributed by atoms with Crippen molar-refractivity contribution in [3.05, 3.63) is 132 Å². The lowest BCUT2D eigenvalue weighted by molar-refractivity contribution is -0.139. The molecule has 6 heteroatoms. The fraction of sp³-hybridized carbons (Fsp3) is 0.152. The van der Waals surface area contributed by atoms with Gasteiger partial charge in [0, 0.05) is 11.0 Å². The van der Waals surface area contributed by atoms with Crippen molar-refractivity contribution in [2.24, 2.45) is 0 Å². The molecule has 0 fully saturated rings. The number of nitrogens with zero attached hydrogens (tertiary/aromatic N) is 2. The van der Waals surface area contributed by atoms with Crippen molar-refractivity contribution >= 4 is 23.0 Å². The topological polar surface area (TPSA) is 100 Å². The molecule has 5 aromatic rings. The molecule has 6 rings (SSSR count). The van der Waals surface area contributed by atoms with E-state index in [0.717, 1.165) is 16.6 Å². The Morgan fingerprint density at radius 3 is 1.62 bits per heavy atom. The van der Waals surface area contributed by atoms with Gasteiger partial charge in [-0.05, 0) is 41.7 Å². The first-order valence-corrected chi connectivity index (χ1v) is 12.9. The summed E-state index contributed by atoms with van der Waals surface area (Å²) in [7, 11) is 0. The number of carboxylic acid groups (broad SMARTS) is 2. The molecule has 2 N–H and O–H groups in total. The predicted molar refractivity (Wildman–Crippen MR) is 149 cm³/mol. The first-order chi connectivity index (χ1) is 19.0. The number of carboxylic acids is 2. The lowest BCUT2D eigenvalue weighted by atomic mass is 9.66. The van der Waals surface area contributed by atoms with E-state index in [1.807, 2.05) is 109 Å². The molecule has 2 atom stereocenters. The number of para-hydroxylation sites is 2. The molecule has 0 amide bonds. The summed E-state index contributed by atoms with van der Waals surface area (Å²) < 4.78 is 0. The maximum absolute atomic E-state index is 12.8. The van der Waals surface area contributed by atoms with Gasteiger partial charge in [-0.15, -0.1) is 0 Å². The minimum absolute atomic E-state index is 0.139. The quantitative estimate of drug-likeness (QED) is 0.248. The van der Waals surface area contributed by atoms with Crippen LogP contribution in [-0.2, 0) is 15.0 Å². The zero-order valence-corrected chi connectivity index (χ0v) is 21.1. The van der Waals surface area contributed by atoms with Crippen molar-refractivity contribution in [2.75, 3.05) is 0 Å². The van der Waals surface area contributed by atoms with Crippen LogP contribution in [0.15, 0.2) is 109 Å². The average molecular weight is 515 g/mol. The summed E-state index contributed by atoms with van der Waals surface area (Å²) in [5, 5.41) is 21.0. The van der Waals surface area contributed by atoms with Crippen molar-refractivity contribution in [1.82, 2.24) is 9.97 Å². The highest BCUT2D eigenvalue weighted by Crippen LogP contribution is 2.56. The van der Waals surface area contributed by atoms with Crippen molar-refractivity contribution in [2.45, 2.75) is 30.1 Å². The van der Waals surface area contributed by atoms with Gasteiger partial charge < -0.3 is 10.2 Å². The molecule has 1 heterocycles. The number of hydrogen-bond donors (Lipinski definition) is 2. The van der Waals surface area contributed by atoms with Gasteiger partial charge in [0.25, 0.3) is 0 Å². The molecule has 2 unspecified atom stereocenters. The summed E-state index contributed by atoms with van der Waals surface area (Å²) in [5.41, 5.74) is 4.77. The van der Waals surface area contributed by atoms with E-state index in [4.69, 9.17) is 9.97 Å². The summed E-state index contributed by atoms with van der Waals surface area (Å²) in [6.07, 6.45) is 0.278. The van der Waals surface area contributed by atoms with Crippen LogP contribution in [0.2, 0.25) is 0 Å². The summed E-state index contributed by atoms with van der Waals surface area (Å²) in [6, 6.07) is 33.6. The third-order valence-electron chi connectivity index (χ3n) is 7.83. The Balaban J connectivity index is 1.63. The molecule has 6 nitrogen and oxygen atoms in total. The number of hydrogen-bond acceptors (Lipinski definition) is 4. The standard InChI is InChI=1S/C33H26N2O4/c36-31(37)24(21-11-3-1-4-12-21)19-33(20-25(32(38)39)22-13-5-2-6-14-22)26-16-8-7-15-23(26)29-30(33)35-28-18-10-9-17-27(28)34-29/h1-18,24-25H,19-20H2,(H,36,37)(H,38,39). The molecule has 0 saturated heterocycles. The number of aromatic nitrogens is 2. The summed E-state index contributed by atoms with van der Waals surface area (Å²) in [4.78, 5) is 35.7. The van der Waals surface area contributed by atoms with Crippen LogP contribution in [0.25, 0.3) is 22.3 Å². The largest absolute Gasteiger partial charge is 0.481 e. The number of rotatable bonds is 8. The molecule has 0 aliphatic heterocycles. The molecular weight excluding hydrogens is 488 g/mol. The molecule has 1 aromatic heterocycles. The Bertz CT molecular complexity index is 1630. The SMILES string of the molecule is O=C(O)C(CC1(CC(C(=O)O)c2ccccc2)c2ccccc2-c2nc3ccccc3nc21)c1ccccc1. The number of aliphatic carboxylic acids is 2. The zero-order chi connectivity index (χ0) is 27.0. The van der Waals surface area contributed by atoms with Gasteiger partial charge in [-0.2, -0.15) is 0 Å². The van der Waals surface area contributed by atoms with Gasteiger partial charge in [-0.3, -0.25) is 9.59 Å². The highest BCUT2D eigenvalue weighted by atomic mass is 16.4. The summed E-state index contributed by atoms with van der Waals surface area (Å²) >= 11 is 0. The van der Waals surface area contributed by atoms with Gasteiger partial charge in [0.1, 0.15) is 0 Å². The molecule has 4 aromatic carbocycles. The van der Waals surface area contributed by atoms with E-state index >= 15 is 0 Å². The van der Waals surface area contributed by atoms with E-state index in [1.54, 1.807) is 0 Å². The van der Waals surface area contributed by atoms with Crippen LogP contribution in [0, 0.1) is 0 Å². The maximum Gasteiger partial charge on any atom is 0.311 e. The molecule has 1 aliphatic carbocycles. The van der Waals surface area contributed by atoms with Crippen molar-refractivity contribution in [3.63, 3.8) is 0 Å². The molecule has 192 valence electrons. The third kappa shape index (κ3) is 4.24. The number of benzene rings is 4. The van der Waals surface area contributed by atoms with Gasteiger partial charge >= 0.3 is 11.9 Å². The Morgan fingerprint density at radius 2 is 1.08 bits per heavy atom. The number of carbonyl (C=O) groups is 2. The Hall–Kier alpha value is -4.84. The first kappa shape index (κ1) is 24.5. The Kier molecular flexibility index (Phi) is 6.15. The lowest BCUT2D eigenvalue weighted by Crippen LogP contribution is -2.35. The van der Waals surface area contributed by atoms with Crippen LogP contribution >= 0.6 is 0 Å². The fourth-order valence-corrected chi connectivity index (χ4v) is 6.02. The zero-order valence-electron chi connectivity index (χ0n) is 21.1. The summed E-state index contributed by atoms with van der Waals surface area (Å²) in [6.45, 7) is 0. The van der Waals surface area contributed by atoms with Crippen LogP contribution in [0.5, 0.6) is 0 Å². The highest BCUT2D eigenvalue weighted by Gasteiger charge is 2.50. The molecule has 0 radical (unpaired) electrons. The Labute approximate surface area is 225 Å². The minimum Gasteiger partial charge on any atom is -0.481 e. The molecule has 0 saturated carbocycles. The predicted octanol–water partition coefficient (Wildman–Crippen LogP) is 6.41. The van der Waals surface area contributed by atoms with Crippen molar-refractivity contribution < 1.29 is 19.8 Å². The van der Waals surface area contributed by atoms with Crippen molar-refractivity contribution in [3.8, 4) is 11.3 Å². The van der Waals surface area contributed by atoms with E-state index in [-0.39, 0.29) is 12.8 Å². The molecule has 0 spiro atoms. The average Bonchev–Trinajstić information content (AvgIpc) is 3.22. The second kappa shape index (κ2) is 9.80. The van der Waals surface area contributed by atoms with Gasteiger partial charge in [0.05, 0.1) is 34.3 Å². The molecular formula is C33H26N2O4. The number of fused-ring (bicyclic) bond motifs is 4. The van der Waals surface area contributed by atoms with Gasteiger partial charge in [-0.25, -0.2) is 9.97 Å². The van der Waals surface area contributed by atoms with E-state index in [1.165, 1.54) is 0 Å². The van der Waals surface area contributed by atoms with Crippen LogP contribution < -0.4 is 0 Å².